The second kappa shape index (κ2) is 5.91. The number of amides is 1. The molecule has 1 aliphatic heterocycles. The number of hydrogen-bond acceptors (Lipinski definition) is 2. The van der Waals surface area contributed by atoms with Crippen LogP contribution in [0.3, 0.4) is 0 Å². The summed E-state index contributed by atoms with van der Waals surface area (Å²) in [6.07, 6.45) is 5.80. The predicted molar refractivity (Wildman–Crippen MR) is 62.7 cm³/mol. The van der Waals surface area contributed by atoms with E-state index in [0.717, 1.165) is 32.5 Å². The van der Waals surface area contributed by atoms with Crippen LogP contribution in [-0.2, 0) is 4.79 Å². The summed E-state index contributed by atoms with van der Waals surface area (Å²) in [7, 11) is 4.08. The van der Waals surface area contributed by atoms with Crippen molar-refractivity contribution in [1.29, 1.82) is 0 Å². The lowest BCUT2D eigenvalue weighted by Crippen LogP contribution is -2.26. The van der Waals surface area contributed by atoms with E-state index in [1.54, 1.807) is 6.08 Å². The molecule has 1 rings (SSSR count). The molecule has 1 unspecified atom stereocenters. The number of carbonyl (C=O) groups is 1. The summed E-state index contributed by atoms with van der Waals surface area (Å²) >= 11 is 0. The van der Waals surface area contributed by atoms with E-state index < -0.39 is 0 Å². The van der Waals surface area contributed by atoms with Gasteiger partial charge in [0.05, 0.1) is 0 Å². The van der Waals surface area contributed by atoms with Crippen LogP contribution in [0.25, 0.3) is 0 Å². The van der Waals surface area contributed by atoms with Crippen LogP contribution in [0.5, 0.6) is 0 Å². The Labute approximate surface area is 92.7 Å². The molecule has 0 aromatic rings. The van der Waals surface area contributed by atoms with E-state index in [1.807, 2.05) is 25.1 Å². The molecule has 1 atom stereocenters. The van der Waals surface area contributed by atoms with Crippen molar-refractivity contribution < 1.29 is 4.79 Å². The van der Waals surface area contributed by atoms with Crippen molar-refractivity contribution in [3.05, 3.63) is 12.2 Å². The highest BCUT2D eigenvalue weighted by molar-refractivity contribution is 5.87. The zero-order valence-corrected chi connectivity index (χ0v) is 10.1. The van der Waals surface area contributed by atoms with Crippen LogP contribution < -0.4 is 0 Å². The van der Waals surface area contributed by atoms with Crippen molar-refractivity contribution in [2.24, 2.45) is 5.92 Å². The summed E-state index contributed by atoms with van der Waals surface area (Å²) in [6.45, 7) is 5.05. The molecule has 0 saturated carbocycles. The smallest absolute Gasteiger partial charge is 0.246 e. The van der Waals surface area contributed by atoms with Gasteiger partial charge in [-0.1, -0.05) is 13.0 Å². The average Bonchev–Trinajstić information content (AvgIpc) is 2.59. The molecular formula is C12H22N2O. The van der Waals surface area contributed by atoms with Gasteiger partial charge in [-0.05, 0) is 38.9 Å². The number of carbonyl (C=O) groups excluding carboxylic acids is 1. The fourth-order valence-electron chi connectivity index (χ4n) is 1.76. The minimum absolute atomic E-state index is 0.179. The third-order valence-corrected chi connectivity index (χ3v) is 2.74. The first-order valence-electron chi connectivity index (χ1n) is 5.69. The van der Waals surface area contributed by atoms with E-state index in [9.17, 15) is 4.79 Å². The summed E-state index contributed by atoms with van der Waals surface area (Å²) in [5.74, 6) is 0.849. The summed E-state index contributed by atoms with van der Waals surface area (Å²) < 4.78 is 0. The average molecular weight is 210 g/mol. The van der Waals surface area contributed by atoms with Gasteiger partial charge in [0.2, 0.25) is 5.91 Å². The SMILES string of the molecule is CC1CCN(C(=O)/C=C/CCN(C)C)C1. The Morgan fingerprint density at radius 1 is 1.53 bits per heavy atom. The molecule has 1 saturated heterocycles. The maximum absolute atomic E-state index is 11.7. The molecule has 0 aromatic heterocycles. The van der Waals surface area contributed by atoms with Gasteiger partial charge in [-0.3, -0.25) is 4.79 Å². The molecule has 1 heterocycles. The molecule has 0 spiro atoms. The van der Waals surface area contributed by atoms with E-state index in [1.165, 1.54) is 0 Å². The van der Waals surface area contributed by atoms with E-state index in [2.05, 4.69) is 11.8 Å². The van der Waals surface area contributed by atoms with Crippen molar-refractivity contribution in [3.63, 3.8) is 0 Å². The molecule has 0 bridgehead atoms. The van der Waals surface area contributed by atoms with Gasteiger partial charge < -0.3 is 9.80 Å². The van der Waals surface area contributed by atoms with Crippen LogP contribution in [-0.4, -0.2) is 49.4 Å². The highest BCUT2D eigenvalue weighted by Gasteiger charge is 2.20. The van der Waals surface area contributed by atoms with Crippen LogP contribution in [0, 0.1) is 5.92 Å². The predicted octanol–water partition coefficient (Wildman–Crippen LogP) is 1.36. The largest absolute Gasteiger partial charge is 0.339 e. The lowest BCUT2D eigenvalue weighted by Gasteiger charge is -2.13. The van der Waals surface area contributed by atoms with E-state index in [0.29, 0.717) is 5.92 Å². The number of nitrogens with zero attached hydrogens (tertiary/aromatic N) is 2. The van der Waals surface area contributed by atoms with Crippen molar-refractivity contribution in [2.75, 3.05) is 33.7 Å². The molecule has 86 valence electrons. The molecule has 0 aromatic carbocycles. The molecule has 3 nitrogen and oxygen atoms in total. The molecular weight excluding hydrogens is 188 g/mol. The molecule has 15 heavy (non-hydrogen) atoms. The van der Waals surface area contributed by atoms with Crippen LogP contribution >= 0.6 is 0 Å². The van der Waals surface area contributed by atoms with Crippen molar-refractivity contribution in [3.8, 4) is 0 Å². The zero-order valence-electron chi connectivity index (χ0n) is 10.1. The Bertz CT molecular complexity index is 236. The fourth-order valence-corrected chi connectivity index (χ4v) is 1.76. The van der Waals surface area contributed by atoms with Gasteiger partial charge in [-0.25, -0.2) is 0 Å². The number of rotatable bonds is 4. The molecule has 1 amide bonds. The number of likely N-dealkylation sites (tertiary alicyclic amines) is 1. The van der Waals surface area contributed by atoms with Crippen LogP contribution in [0.1, 0.15) is 19.8 Å². The standard InChI is InChI=1S/C12H22N2O/c1-11-7-9-14(10-11)12(15)6-4-5-8-13(2)3/h4,6,11H,5,7-10H2,1-3H3/b6-4+. The van der Waals surface area contributed by atoms with Gasteiger partial charge in [0.1, 0.15) is 0 Å². The third kappa shape index (κ3) is 4.47. The quantitative estimate of drug-likeness (QED) is 0.654. The summed E-state index contributed by atoms with van der Waals surface area (Å²) in [5, 5.41) is 0. The minimum atomic E-state index is 0.179. The van der Waals surface area contributed by atoms with Crippen molar-refractivity contribution in [2.45, 2.75) is 19.8 Å². The topological polar surface area (TPSA) is 23.6 Å². The Balaban J connectivity index is 2.23. The zero-order chi connectivity index (χ0) is 11.3. The van der Waals surface area contributed by atoms with Gasteiger partial charge in [0.15, 0.2) is 0 Å². The van der Waals surface area contributed by atoms with Gasteiger partial charge in [0, 0.05) is 19.6 Å². The molecule has 3 heteroatoms. The van der Waals surface area contributed by atoms with Gasteiger partial charge >= 0.3 is 0 Å². The maximum atomic E-state index is 11.7. The monoisotopic (exact) mass is 210 g/mol. The Morgan fingerprint density at radius 2 is 2.27 bits per heavy atom. The fraction of sp³-hybridized carbons (Fsp3) is 0.750. The first kappa shape index (κ1) is 12.2. The van der Waals surface area contributed by atoms with Gasteiger partial charge in [0.25, 0.3) is 0 Å². The molecule has 1 aliphatic rings. The van der Waals surface area contributed by atoms with Crippen LogP contribution in [0.4, 0.5) is 0 Å². The second-order valence-electron chi connectivity index (χ2n) is 4.67. The number of hydrogen-bond donors (Lipinski definition) is 0. The minimum Gasteiger partial charge on any atom is -0.339 e. The highest BCUT2D eigenvalue weighted by atomic mass is 16.2. The van der Waals surface area contributed by atoms with E-state index >= 15 is 0 Å². The molecule has 0 aliphatic carbocycles. The van der Waals surface area contributed by atoms with Gasteiger partial charge in [-0.15, -0.1) is 0 Å². The highest BCUT2D eigenvalue weighted by Crippen LogP contribution is 2.15. The maximum Gasteiger partial charge on any atom is 0.246 e. The van der Waals surface area contributed by atoms with Crippen LogP contribution in [0.15, 0.2) is 12.2 Å². The second-order valence-corrected chi connectivity index (χ2v) is 4.67. The van der Waals surface area contributed by atoms with Gasteiger partial charge in [-0.2, -0.15) is 0 Å². The lowest BCUT2D eigenvalue weighted by atomic mass is 10.2. The normalized spacial score (nSPS) is 21.9. The Kier molecular flexibility index (Phi) is 4.82. The summed E-state index contributed by atoms with van der Waals surface area (Å²) in [6, 6.07) is 0. The van der Waals surface area contributed by atoms with E-state index in [4.69, 9.17) is 0 Å². The van der Waals surface area contributed by atoms with Crippen LogP contribution in [0.2, 0.25) is 0 Å². The van der Waals surface area contributed by atoms with Crippen molar-refractivity contribution in [1.82, 2.24) is 9.80 Å². The lowest BCUT2D eigenvalue weighted by molar-refractivity contribution is -0.125. The Morgan fingerprint density at radius 3 is 2.80 bits per heavy atom. The summed E-state index contributed by atoms with van der Waals surface area (Å²) in [4.78, 5) is 15.7. The molecule has 0 N–H and O–H groups in total. The van der Waals surface area contributed by atoms with Crippen molar-refractivity contribution >= 4 is 5.91 Å². The molecule has 0 radical (unpaired) electrons. The first-order chi connectivity index (χ1) is 7.09. The van der Waals surface area contributed by atoms with E-state index in [-0.39, 0.29) is 5.91 Å². The first-order valence-corrected chi connectivity index (χ1v) is 5.69. The Hall–Kier alpha value is -0.830. The molecule has 1 fully saturated rings. The third-order valence-electron chi connectivity index (χ3n) is 2.74. The summed E-state index contributed by atoms with van der Waals surface area (Å²) in [5.41, 5.74) is 0.